The van der Waals surface area contributed by atoms with Crippen molar-refractivity contribution in [3.05, 3.63) is 11.6 Å². The van der Waals surface area contributed by atoms with Crippen LogP contribution in [0.1, 0.15) is 44.8 Å². The molecule has 1 aliphatic heterocycles. The minimum absolute atomic E-state index is 0.0388. The van der Waals surface area contributed by atoms with Crippen LogP contribution in [0.4, 0.5) is 13.2 Å². The number of aryl methyl sites for hydroxylation is 1. The predicted molar refractivity (Wildman–Crippen MR) is 77.7 cm³/mol. The summed E-state index contributed by atoms with van der Waals surface area (Å²) < 4.78 is 38.9. The Kier molecular flexibility index (Phi) is 5.14. The van der Waals surface area contributed by atoms with Crippen LogP contribution in [0.2, 0.25) is 0 Å². The van der Waals surface area contributed by atoms with E-state index < -0.39 is 23.5 Å². The van der Waals surface area contributed by atoms with Gasteiger partial charge in [-0.2, -0.15) is 13.2 Å². The van der Waals surface area contributed by atoms with Crippen molar-refractivity contribution in [3.63, 3.8) is 0 Å². The number of carbonyl (C=O) groups is 2. The normalized spacial score (nSPS) is 15.4. The fourth-order valence-corrected chi connectivity index (χ4v) is 2.47. The highest BCUT2D eigenvalue weighted by Gasteiger charge is 2.43. The summed E-state index contributed by atoms with van der Waals surface area (Å²) in [4.78, 5) is 23.1. The molecular formula is C14H20F3N5O2. The summed E-state index contributed by atoms with van der Waals surface area (Å²) in [5.41, 5.74) is -1.70. The van der Waals surface area contributed by atoms with Gasteiger partial charge in [-0.05, 0) is 26.7 Å². The molecule has 0 saturated heterocycles. The molecule has 0 unspecified atom stereocenters. The van der Waals surface area contributed by atoms with Crippen LogP contribution >= 0.6 is 0 Å². The highest BCUT2D eigenvalue weighted by Crippen LogP contribution is 2.17. The molecule has 0 radical (unpaired) electrons. The number of alkyl halides is 3. The summed E-state index contributed by atoms with van der Waals surface area (Å²) in [5.74, 6) is -1.48. The third kappa shape index (κ3) is 4.24. The van der Waals surface area contributed by atoms with Crippen molar-refractivity contribution in [1.82, 2.24) is 25.4 Å². The van der Waals surface area contributed by atoms with E-state index in [-0.39, 0.29) is 6.54 Å². The average molecular weight is 347 g/mol. The fourth-order valence-electron chi connectivity index (χ4n) is 2.47. The largest absolute Gasteiger partial charge is 0.471 e. The van der Waals surface area contributed by atoms with Crippen molar-refractivity contribution < 1.29 is 22.8 Å². The van der Waals surface area contributed by atoms with E-state index in [0.717, 1.165) is 38.1 Å². The lowest BCUT2D eigenvalue weighted by atomic mass is 10.0. The average Bonchev–Trinajstić information content (AvgIpc) is 2.70. The summed E-state index contributed by atoms with van der Waals surface area (Å²) >= 11 is 0. The van der Waals surface area contributed by atoms with Gasteiger partial charge in [0.05, 0.1) is 6.54 Å². The Morgan fingerprint density at radius 1 is 1.12 bits per heavy atom. The van der Waals surface area contributed by atoms with Gasteiger partial charge in [0.25, 0.3) is 0 Å². The van der Waals surface area contributed by atoms with Crippen molar-refractivity contribution in [2.45, 2.75) is 64.3 Å². The number of amides is 2. The highest BCUT2D eigenvalue weighted by molar-refractivity contribution is 5.92. The number of halogens is 3. The van der Waals surface area contributed by atoms with Crippen LogP contribution in [0.3, 0.4) is 0 Å². The zero-order valence-electron chi connectivity index (χ0n) is 13.5. The molecule has 0 atom stereocenters. The maximum Gasteiger partial charge on any atom is 0.471 e. The number of fused-ring (bicyclic) bond motifs is 1. The lowest BCUT2D eigenvalue weighted by Gasteiger charge is -2.25. The van der Waals surface area contributed by atoms with E-state index in [1.165, 1.54) is 13.8 Å². The molecule has 24 heavy (non-hydrogen) atoms. The Labute approximate surface area is 137 Å². The minimum Gasteiger partial charge on any atom is -0.347 e. The molecule has 10 heteroatoms. The van der Waals surface area contributed by atoms with Gasteiger partial charge in [-0.3, -0.25) is 9.59 Å². The molecule has 0 fully saturated rings. The van der Waals surface area contributed by atoms with Gasteiger partial charge in [0.2, 0.25) is 5.91 Å². The second-order valence-corrected chi connectivity index (χ2v) is 6.25. The molecule has 2 rings (SSSR count). The van der Waals surface area contributed by atoms with E-state index in [1.54, 1.807) is 5.32 Å². The number of carbonyl (C=O) groups excluding carboxylic acids is 2. The van der Waals surface area contributed by atoms with E-state index in [9.17, 15) is 22.8 Å². The van der Waals surface area contributed by atoms with Gasteiger partial charge in [-0.15, -0.1) is 10.2 Å². The maximum atomic E-state index is 12.3. The molecule has 2 heterocycles. The topological polar surface area (TPSA) is 88.9 Å². The van der Waals surface area contributed by atoms with Crippen LogP contribution in [0.15, 0.2) is 0 Å². The minimum atomic E-state index is -5.04. The quantitative estimate of drug-likeness (QED) is 0.853. The molecular weight excluding hydrogens is 327 g/mol. The van der Waals surface area contributed by atoms with E-state index in [0.29, 0.717) is 5.82 Å². The first-order valence-electron chi connectivity index (χ1n) is 7.70. The number of hydrogen-bond donors (Lipinski definition) is 2. The summed E-state index contributed by atoms with van der Waals surface area (Å²) in [6.07, 6.45) is -1.12. The van der Waals surface area contributed by atoms with Crippen LogP contribution in [-0.2, 0) is 29.1 Å². The molecule has 1 aromatic heterocycles. The lowest BCUT2D eigenvalue weighted by molar-refractivity contribution is -0.176. The number of aromatic nitrogens is 3. The van der Waals surface area contributed by atoms with Crippen molar-refractivity contribution in [3.8, 4) is 0 Å². The maximum absolute atomic E-state index is 12.3. The fraction of sp³-hybridized carbons (Fsp3) is 0.714. The van der Waals surface area contributed by atoms with Gasteiger partial charge in [0.15, 0.2) is 5.82 Å². The molecule has 2 amide bonds. The van der Waals surface area contributed by atoms with E-state index in [1.807, 2.05) is 4.57 Å². The van der Waals surface area contributed by atoms with Crippen LogP contribution in [0.25, 0.3) is 0 Å². The zero-order valence-corrected chi connectivity index (χ0v) is 13.5. The second kappa shape index (κ2) is 6.78. The zero-order chi connectivity index (χ0) is 18.0. The van der Waals surface area contributed by atoms with Gasteiger partial charge in [0, 0.05) is 13.0 Å². The summed E-state index contributed by atoms with van der Waals surface area (Å²) in [6.45, 7) is 3.20. The first-order chi connectivity index (χ1) is 11.1. The Bertz CT molecular complexity index is 624. The predicted octanol–water partition coefficient (Wildman–Crippen LogP) is 1.08. The molecule has 1 aliphatic rings. The Morgan fingerprint density at radius 2 is 1.83 bits per heavy atom. The Morgan fingerprint density at radius 3 is 2.50 bits per heavy atom. The van der Waals surface area contributed by atoms with Crippen molar-refractivity contribution >= 4 is 11.8 Å². The Balaban J connectivity index is 1.97. The molecule has 0 spiro atoms. The van der Waals surface area contributed by atoms with Gasteiger partial charge in [-0.1, -0.05) is 6.42 Å². The van der Waals surface area contributed by atoms with Crippen molar-refractivity contribution in [1.29, 1.82) is 0 Å². The van der Waals surface area contributed by atoms with Gasteiger partial charge in [0.1, 0.15) is 11.4 Å². The van der Waals surface area contributed by atoms with Gasteiger partial charge in [-0.25, -0.2) is 0 Å². The van der Waals surface area contributed by atoms with Crippen molar-refractivity contribution in [2.75, 3.05) is 0 Å². The number of nitrogens with zero attached hydrogens (tertiary/aromatic N) is 3. The Hall–Kier alpha value is -2.13. The van der Waals surface area contributed by atoms with Crippen LogP contribution in [-0.4, -0.2) is 38.3 Å². The number of hydrogen-bond acceptors (Lipinski definition) is 4. The van der Waals surface area contributed by atoms with E-state index >= 15 is 0 Å². The second-order valence-electron chi connectivity index (χ2n) is 6.25. The molecule has 2 N–H and O–H groups in total. The monoisotopic (exact) mass is 347 g/mol. The van der Waals surface area contributed by atoms with Crippen LogP contribution < -0.4 is 10.6 Å². The molecule has 134 valence electrons. The van der Waals surface area contributed by atoms with Gasteiger partial charge < -0.3 is 15.2 Å². The van der Waals surface area contributed by atoms with Gasteiger partial charge >= 0.3 is 12.1 Å². The van der Waals surface area contributed by atoms with Crippen LogP contribution in [0.5, 0.6) is 0 Å². The number of nitrogens with one attached hydrogen (secondary N) is 2. The lowest BCUT2D eigenvalue weighted by Crippen LogP contribution is -2.57. The van der Waals surface area contributed by atoms with E-state index in [2.05, 4.69) is 15.5 Å². The standard InChI is InChI=1S/C14H20F3N5O2/c1-13(2,19-12(24)14(15,16)17)11(23)18-8-10-21-20-9-6-4-3-5-7-22(9)10/h3-8H2,1-2H3,(H,18,23)(H,19,24). The summed E-state index contributed by atoms with van der Waals surface area (Å²) in [5, 5.41) is 12.3. The molecule has 0 bridgehead atoms. The number of rotatable bonds is 4. The molecule has 7 nitrogen and oxygen atoms in total. The highest BCUT2D eigenvalue weighted by atomic mass is 19.4. The van der Waals surface area contributed by atoms with E-state index in [4.69, 9.17) is 0 Å². The molecule has 0 saturated carbocycles. The smallest absolute Gasteiger partial charge is 0.347 e. The molecule has 0 aliphatic carbocycles. The van der Waals surface area contributed by atoms with Crippen LogP contribution in [0, 0.1) is 0 Å². The molecule has 1 aromatic rings. The first kappa shape index (κ1) is 18.2. The van der Waals surface area contributed by atoms with Crippen molar-refractivity contribution in [2.24, 2.45) is 0 Å². The third-order valence-corrected chi connectivity index (χ3v) is 3.84. The SMILES string of the molecule is CC(C)(NC(=O)C(F)(F)F)C(=O)NCc1nnc2n1CCCCC2. The summed E-state index contributed by atoms with van der Waals surface area (Å²) in [7, 11) is 0. The first-order valence-corrected chi connectivity index (χ1v) is 7.70. The molecule has 0 aromatic carbocycles. The third-order valence-electron chi connectivity index (χ3n) is 3.84. The summed E-state index contributed by atoms with van der Waals surface area (Å²) in [6, 6.07) is 0.